The monoisotopic (exact) mass is 259 g/mol. The van der Waals surface area contributed by atoms with Crippen LogP contribution in [0.2, 0.25) is 0 Å². The Morgan fingerprint density at radius 3 is 2.84 bits per heavy atom. The van der Waals surface area contributed by atoms with E-state index >= 15 is 0 Å². The van der Waals surface area contributed by atoms with Crippen molar-refractivity contribution in [3.05, 3.63) is 22.9 Å². The van der Waals surface area contributed by atoms with Crippen molar-refractivity contribution in [1.82, 2.24) is 4.98 Å². The fraction of sp³-hybridized carbons (Fsp3) is 0.600. The summed E-state index contributed by atoms with van der Waals surface area (Å²) in [5.41, 5.74) is 2.76. The molecule has 4 heteroatoms. The Bertz CT molecular complexity index is 503. The van der Waals surface area contributed by atoms with Gasteiger partial charge in [0.25, 0.3) is 0 Å². The molecule has 0 amide bonds. The molecule has 0 radical (unpaired) electrons. The molecule has 102 valence electrons. The quantitative estimate of drug-likeness (QED) is 0.903. The van der Waals surface area contributed by atoms with Crippen LogP contribution in [0.3, 0.4) is 0 Å². The topological polar surface area (TPSA) is 57.9 Å². The molecule has 0 fully saturated rings. The number of fused-ring (bicyclic) bond motifs is 1. The normalized spacial score (nSPS) is 14.6. The third kappa shape index (κ3) is 3.24. The molecule has 2 rings (SSSR count). The summed E-state index contributed by atoms with van der Waals surface area (Å²) < 4.78 is 5.19. The second-order valence-corrected chi connectivity index (χ2v) is 5.75. The molecule has 19 heavy (non-hydrogen) atoms. The van der Waals surface area contributed by atoms with Crippen molar-refractivity contribution in [3.63, 3.8) is 0 Å². The van der Waals surface area contributed by atoms with Crippen LogP contribution in [0, 0.1) is 11.3 Å². The molecule has 0 saturated heterocycles. The lowest BCUT2D eigenvalue weighted by molar-refractivity contribution is 0.158. The van der Waals surface area contributed by atoms with Crippen LogP contribution >= 0.6 is 0 Å². The van der Waals surface area contributed by atoms with E-state index < -0.39 is 0 Å². The van der Waals surface area contributed by atoms with Crippen molar-refractivity contribution < 1.29 is 4.74 Å². The zero-order valence-corrected chi connectivity index (χ0v) is 11.9. The van der Waals surface area contributed by atoms with E-state index in [2.05, 4.69) is 16.4 Å². The molecular weight excluding hydrogens is 238 g/mol. The van der Waals surface area contributed by atoms with Crippen LogP contribution < -0.4 is 5.32 Å². The Morgan fingerprint density at radius 1 is 1.42 bits per heavy atom. The van der Waals surface area contributed by atoms with Gasteiger partial charge >= 0.3 is 0 Å². The molecule has 1 aliphatic rings. The van der Waals surface area contributed by atoms with Gasteiger partial charge in [-0.2, -0.15) is 5.26 Å². The highest BCUT2D eigenvalue weighted by atomic mass is 16.5. The number of anilines is 1. The van der Waals surface area contributed by atoms with Crippen LogP contribution in [0.25, 0.3) is 0 Å². The van der Waals surface area contributed by atoms with Gasteiger partial charge in [-0.25, -0.2) is 4.98 Å². The first-order valence-corrected chi connectivity index (χ1v) is 6.76. The zero-order valence-electron chi connectivity index (χ0n) is 11.9. The molecule has 0 atom stereocenters. The van der Waals surface area contributed by atoms with E-state index in [0.717, 1.165) is 18.5 Å². The summed E-state index contributed by atoms with van der Waals surface area (Å²) in [6, 6.07) is 4.24. The van der Waals surface area contributed by atoms with E-state index in [9.17, 15) is 5.26 Å². The molecule has 0 spiro atoms. The van der Waals surface area contributed by atoms with E-state index in [0.29, 0.717) is 18.0 Å². The highest BCUT2D eigenvalue weighted by Crippen LogP contribution is 2.26. The summed E-state index contributed by atoms with van der Waals surface area (Å²) in [4.78, 5) is 4.66. The van der Waals surface area contributed by atoms with E-state index in [4.69, 9.17) is 4.74 Å². The van der Waals surface area contributed by atoms with Gasteiger partial charge < -0.3 is 10.1 Å². The number of nitriles is 1. The van der Waals surface area contributed by atoms with Crippen LogP contribution in [0.4, 0.5) is 5.82 Å². The van der Waals surface area contributed by atoms with Gasteiger partial charge in [0.15, 0.2) is 0 Å². The Labute approximate surface area is 114 Å². The molecule has 1 heterocycles. The molecular formula is C15H21N3O. The van der Waals surface area contributed by atoms with Gasteiger partial charge in [0.05, 0.1) is 17.7 Å². The maximum Gasteiger partial charge on any atom is 0.144 e. The first-order valence-electron chi connectivity index (χ1n) is 6.76. The first kappa shape index (κ1) is 13.8. The van der Waals surface area contributed by atoms with Gasteiger partial charge in [-0.15, -0.1) is 0 Å². The number of nitrogens with zero attached hydrogens (tertiary/aromatic N) is 2. The molecule has 0 aliphatic heterocycles. The van der Waals surface area contributed by atoms with E-state index in [-0.39, 0.29) is 5.54 Å². The lowest BCUT2D eigenvalue weighted by Gasteiger charge is -2.27. The number of ether oxygens (including phenoxy) is 1. The van der Waals surface area contributed by atoms with E-state index in [1.165, 1.54) is 18.4 Å². The molecule has 1 aromatic rings. The predicted octanol–water partition coefficient (Wildman–Crippen LogP) is 2.67. The van der Waals surface area contributed by atoms with Crippen molar-refractivity contribution in [3.8, 4) is 6.07 Å². The zero-order chi connectivity index (χ0) is 13.9. The average molecular weight is 259 g/mol. The van der Waals surface area contributed by atoms with Gasteiger partial charge in [0, 0.05) is 12.8 Å². The van der Waals surface area contributed by atoms with Crippen LogP contribution in [0.15, 0.2) is 6.07 Å². The first-order chi connectivity index (χ1) is 9.05. The number of pyridine rings is 1. The SMILES string of the molecule is COCC(C)(C)Nc1nc2c(cc1C#N)CCCC2. The Kier molecular flexibility index (Phi) is 4.06. The van der Waals surface area contributed by atoms with Crippen LogP contribution in [0.5, 0.6) is 0 Å². The number of nitrogens with one attached hydrogen (secondary N) is 1. The Morgan fingerprint density at radius 2 is 2.16 bits per heavy atom. The molecule has 0 aromatic carbocycles. The molecule has 0 saturated carbocycles. The fourth-order valence-electron chi connectivity index (χ4n) is 2.53. The number of rotatable bonds is 4. The lowest BCUT2D eigenvalue weighted by atomic mass is 9.94. The number of aryl methyl sites for hydroxylation is 2. The minimum absolute atomic E-state index is 0.240. The average Bonchev–Trinajstić information content (AvgIpc) is 2.37. The predicted molar refractivity (Wildman–Crippen MR) is 75.2 cm³/mol. The van der Waals surface area contributed by atoms with Gasteiger partial charge in [-0.3, -0.25) is 0 Å². The minimum Gasteiger partial charge on any atom is -0.382 e. The molecule has 1 aromatic heterocycles. The number of hydrogen-bond acceptors (Lipinski definition) is 4. The standard InChI is InChI=1S/C15H21N3O/c1-15(2,10-19-3)18-14-12(9-16)8-11-6-4-5-7-13(11)17-14/h8H,4-7,10H2,1-3H3,(H,17,18). The number of aromatic nitrogens is 1. The van der Waals surface area contributed by atoms with Crippen molar-refractivity contribution in [2.45, 2.75) is 45.1 Å². The second-order valence-electron chi connectivity index (χ2n) is 5.75. The maximum absolute atomic E-state index is 9.29. The van der Waals surface area contributed by atoms with E-state index in [1.54, 1.807) is 7.11 Å². The largest absolute Gasteiger partial charge is 0.382 e. The second kappa shape index (κ2) is 5.58. The summed E-state index contributed by atoms with van der Waals surface area (Å²) in [5.74, 6) is 0.685. The maximum atomic E-state index is 9.29. The van der Waals surface area contributed by atoms with Crippen molar-refractivity contribution in [1.29, 1.82) is 5.26 Å². The molecule has 1 N–H and O–H groups in total. The molecule has 4 nitrogen and oxygen atoms in total. The summed E-state index contributed by atoms with van der Waals surface area (Å²) >= 11 is 0. The minimum atomic E-state index is -0.240. The number of hydrogen-bond donors (Lipinski definition) is 1. The summed E-state index contributed by atoms with van der Waals surface area (Å²) in [5, 5.41) is 12.6. The van der Waals surface area contributed by atoms with Gasteiger partial charge in [0.1, 0.15) is 11.9 Å². The number of methoxy groups -OCH3 is 1. The fourth-order valence-corrected chi connectivity index (χ4v) is 2.53. The summed E-state index contributed by atoms with van der Waals surface area (Å²) in [7, 11) is 1.68. The summed E-state index contributed by atoms with van der Waals surface area (Å²) in [6.45, 7) is 4.65. The molecule has 1 aliphatic carbocycles. The third-order valence-corrected chi connectivity index (χ3v) is 3.38. The highest BCUT2D eigenvalue weighted by molar-refractivity contribution is 5.55. The lowest BCUT2D eigenvalue weighted by Crippen LogP contribution is -2.36. The van der Waals surface area contributed by atoms with E-state index in [1.807, 2.05) is 19.9 Å². The van der Waals surface area contributed by atoms with Crippen molar-refractivity contribution >= 4 is 5.82 Å². The van der Waals surface area contributed by atoms with Crippen molar-refractivity contribution in [2.75, 3.05) is 19.0 Å². The van der Waals surface area contributed by atoms with Gasteiger partial charge in [0.2, 0.25) is 0 Å². The van der Waals surface area contributed by atoms with Crippen LogP contribution in [-0.4, -0.2) is 24.2 Å². The molecule has 0 bridgehead atoms. The smallest absolute Gasteiger partial charge is 0.144 e. The highest BCUT2D eigenvalue weighted by Gasteiger charge is 2.21. The third-order valence-electron chi connectivity index (χ3n) is 3.38. The Balaban J connectivity index is 2.32. The Hall–Kier alpha value is -1.60. The van der Waals surface area contributed by atoms with Crippen LogP contribution in [-0.2, 0) is 17.6 Å². The molecule has 0 unspecified atom stereocenters. The van der Waals surface area contributed by atoms with Crippen molar-refractivity contribution in [2.24, 2.45) is 0 Å². The van der Waals surface area contributed by atoms with Gasteiger partial charge in [-0.1, -0.05) is 0 Å². The van der Waals surface area contributed by atoms with Crippen LogP contribution in [0.1, 0.15) is 43.5 Å². The van der Waals surface area contributed by atoms with Gasteiger partial charge in [-0.05, 0) is 51.2 Å². The summed E-state index contributed by atoms with van der Waals surface area (Å²) in [6.07, 6.45) is 4.44.